The molecule has 0 rings (SSSR count). The van der Waals surface area contributed by atoms with Gasteiger partial charge in [-0.1, -0.05) is 5.16 Å². The zero-order chi connectivity index (χ0) is 22.1. The van der Waals surface area contributed by atoms with Crippen LogP contribution in [0.5, 0.6) is 0 Å². The molecule has 0 aliphatic heterocycles. The number of carboxylic acids is 2. The molecule has 160 valence electrons. The van der Waals surface area contributed by atoms with E-state index < -0.39 is 41.5 Å². The van der Waals surface area contributed by atoms with Crippen LogP contribution in [0, 0.1) is 0 Å². The van der Waals surface area contributed by atoms with E-state index in [1.807, 2.05) is 0 Å². The van der Waals surface area contributed by atoms with Crippen LogP contribution in [-0.4, -0.2) is 68.9 Å². The first-order valence-electron chi connectivity index (χ1n) is 8.56. The summed E-state index contributed by atoms with van der Waals surface area (Å²) in [7, 11) is 1.43. The molecular formula is C17H29N3O8. The van der Waals surface area contributed by atoms with Gasteiger partial charge in [0.2, 0.25) is 5.76 Å². The maximum Gasteiger partial charge on any atom is 0.410 e. The lowest BCUT2D eigenvalue weighted by molar-refractivity contribution is -0.138. The molecule has 2 unspecified atom stereocenters. The second kappa shape index (κ2) is 11.1. The predicted octanol–water partition coefficient (Wildman–Crippen LogP) is 1.11. The van der Waals surface area contributed by atoms with E-state index in [1.165, 1.54) is 11.9 Å². The zero-order valence-corrected chi connectivity index (χ0v) is 16.7. The monoisotopic (exact) mass is 403 g/mol. The van der Waals surface area contributed by atoms with Crippen molar-refractivity contribution in [2.45, 2.75) is 64.7 Å². The van der Waals surface area contributed by atoms with E-state index in [2.05, 4.69) is 9.99 Å². The fourth-order valence-corrected chi connectivity index (χ4v) is 2.01. The normalized spacial score (nSPS) is 14.8. The van der Waals surface area contributed by atoms with Crippen LogP contribution >= 0.6 is 0 Å². The van der Waals surface area contributed by atoms with Crippen molar-refractivity contribution in [1.82, 2.24) is 4.90 Å². The first-order valence-corrected chi connectivity index (χ1v) is 8.56. The molecule has 0 aromatic heterocycles. The van der Waals surface area contributed by atoms with E-state index in [9.17, 15) is 19.5 Å². The zero-order valence-electron chi connectivity index (χ0n) is 16.7. The molecule has 0 aromatic carbocycles. The first-order chi connectivity index (χ1) is 12.7. The van der Waals surface area contributed by atoms with E-state index in [-0.39, 0.29) is 12.3 Å². The Morgan fingerprint density at radius 3 is 2.21 bits per heavy atom. The van der Waals surface area contributed by atoms with Crippen LogP contribution in [0.4, 0.5) is 4.79 Å². The number of ether oxygens (including phenoxy) is 1. The molecule has 11 heteroatoms. The number of carboxylic acid groups (broad SMARTS) is 2. The van der Waals surface area contributed by atoms with Crippen LogP contribution in [-0.2, 0) is 19.2 Å². The van der Waals surface area contributed by atoms with E-state index in [0.717, 1.165) is 0 Å². The smallest absolute Gasteiger partial charge is 0.410 e. The summed E-state index contributed by atoms with van der Waals surface area (Å²) in [6, 6.07) is -0.825. The van der Waals surface area contributed by atoms with Crippen LogP contribution in [0.25, 0.3) is 0 Å². The van der Waals surface area contributed by atoms with E-state index in [0.29, 0.717) is 18.9 Å². The standard InChI is InChI=1S/C17H29N3O8/c1-10(21)7-6-8-11(20(5)16(26)27-17(2,3)4)14(18)19-28-12(15(24)25)9-13(22)23/h9-11,21H,6-8H2,1-5H3,(H2,18,19)(H,22,23)(H,24,25)/b12-9-. The van der Waals surface area contributed by atoms with Crippen molar-refractivity contribution < 1.29 is 39.3 Å². The Balaban J connectivity index is 5.48. The number of hydrogen-bond donors (Lipinski definition) is 4. The Morgan fingerprint density at radius 2 is 1.79 bits per heavy atom. The molecule has 1 amide bonds. The SMILES string of the molecule is CC(O)CCCC(C(N)=NO/C(=C\C(=O)O)C(=O)O)N(C)C(=O)OC(C)(C)C. The summed E-state index contributed by atoms with van der Waals surface area (Å²) < 4.78 is 5.28. The third kappa shape index (κ3) is 10.4. The number of amidine groups is 1. The fraction of sp³-hybridized carbons (Fsp3) is 0.647. The molecular weight excluding hydrogens is 374 g/mol. The highest BCUT2D eigenvalue weighted by Gasteiger charge is 2.28. The molecule has 11 nitrogen and oxygen atoms in total. The molecule has 0 bridgehead atoms. The number of rotatable bonds is 10. The van der Waals surface area contributed by atoms with Crippen LogP contribution < -0.4 is 5.73 Å². The average Bonchev–Trinajstić information content (AvgIpc) is 2.52. The first kappa shape index (κ1) is 25.2. The molecule has 0 fully saturated rings. The van der Waals surface area contributed by atoms with Crippen LogP contribution in [0.15, 0.2) is 17.0 Å². The number of aliphatic hydroxyl groups is 1. The molecule has 0 heterocycles. The summed E-state index contributed by atoms with van der Waals surface area (Å²) in [4.78, 5) is 39.7. The van der Waals surface area contributed by atoms with Gasteiger partial charge in [0.1, 0.15) is 5.60 Å². The fourth-order valence-electron chi connectivity index (χ4n) is 2.01. The topological polar surface area (TPSA) is 172 Å². The molecule has 0 aliphatic carbocycles. The van der Waals surface area contributed by atoms with Gasteiger partial charge in [-0.15, -0.1) is 0 Å². The maximum absolute atomic E-state index is 12.3. The van der Waals surface area contributed by atoms with Gasteiger partial charge in [-0.25, -0.2) is 14.4 Å². The minimum atomic E-state index is -1.65. The minimum Gasteiger partial charge on any atom is -0.478 e. The highest BCUT2D eigenvalue weighted by molar-refractivity contribution is 5.93. The second-order valence-electron chi connectivity index (χ2n) is 7.15. The number of nitrogens with two attached hydrogens (primary N) is 1. The number of likely N-dealkylation sites (N-methyl/N-ethyl adjacent to an activating group) is 1. The number of aliphatic hydroxyl groups excluding tert-OH is 1. The average molecular weight is 403 g/mol. The lowest BCUT2D eigenvalue weighted by atomic mass is 10.1. The maximum atomic E-state index is 12.3. The van der Waals surface area contributed by atoms with Gasteiger partial charge in [-0.3, -0.25) is 0 Å². The number of hydrogen-bond acceptors (Lipinski definition) is 7. The van der Waals surface area contributed by atoms with Gasteiger partial charge in [0.25, 0.3) is 0 Å². The summed E-state index contributed by atoms with van der Waals surface area (Å²) in [6.45, 7) is 6.69. The summed E-state index contributed by atoms with van der Waals surface area (Å²) in [5.74, 6) is -4.38. The Morgan fingerprint density at radius 1 is 1.21 bits per heavy atom. The Kier molecular flexibility index (Phi) is 10.0. The molecule has 0 aromatic rings. The highest BCUT2D eigenvalue weighted by Crippen LogP contribution is 2.15. The van der Waals surface area contributed by atoms with Gasteiger partial charge < -0.3 is 35.5 Å². The molecule has 28 heavy (non-hydrogen) atoms. The summed E-state index contributed by atoms with van der Waals surface area (Å²) >= 11 is 0. The van der Waals surface area contributed by atoms with Crippen molar-refractivity contribution in [3.05, 3.63) is 11.8 Å². The molecule has 0 saturated carbocycles. The molecule has 5 N–H and O–H groups in total. The van der Waals surface area contributed by atoms with Crippen molar-refractivity contribution in [3.63, 3.8) is 0 Å². The van der Waals surface area contributed by atoms with Crippen molar-refractivity contribution in [2.75, 3.05) is 7.05 Å². The van der Waals surface area contributed by atoms with Gasteiger partial charge in [0, 0.05) is 7.05 Å². The lowest BCUT2D eigenvalue weighted by Crippen LogP contribution is -2.47. The Hall–Kier alpha value is -2.82. The predicted molar refractivity (Wildman–Crippen MR) is 99.4 cm³/mol. The van der Waals surface area contributed by atoms with Gasteiger partial charge >= 0.3 is 18.0 Å². The summed E-state index contributed by atoms with van der Waals surface area (Å²) in [6.07, 6.45) is 0.268. The molecule has 2 atom stereocenters. The molecule has 0 saturated heterocycles. The van der Waals surface area contributed by atoms with E-state index in [4.69, 9.17) is 20.7 Å². The molecule has 0 radical (unpaired) electrons. The van der Waals surface area contributed by atoms with Crippen molar-refractivity contribution in [1.29, 1.82) is 0 Å². The minimum absolute atomic E-state index is 0.253. The third-order valence-corrected chi connectivity index (χ3v) is 3.30. The van der Waals surface area contributed by atoms with Gasteiger partial charge in [0.05, 0.1) is 18.2 Å². The largest absolute Gasteiger partial charge is 0.478 e. The molecule has 0 aliphatic rings. The quantitative estimate of drug-likeness (QED) is 0.137. The summed E-state index contributed by atoms with van der Waals surface area (Å²) in [5.41, 5.74) is 5.11. The lowest BCUT2D eigenvalue weighted by Gasteiger charge is -2.30. The van der Waals surface area contributed by atoms with Crippen LogP contribution in [0.2, 0.25) is 0 Å². The van der Waals surface area contributed by atoms with Gasteiger partial charge in [-0.05, 0) is 47.0 Å². The van der Waals surface area contributed by atoms with Crippen LogP contribution in [0.1, 0.15) is 47.0 Å². The Labute approximate surface area is 163 Å². The Bertz CT molecular complexity index is 622. The number of amides is 1. The van der Waals surface area contributed by atoms with Crippen molar-refractivity contribution >= 4 is 23.9 Å². The number of oxime groups is 1. The number of aliphatic carboxylic acids is 2. The van der Waals surface area contributed by atoms with Gasteiger partial charge in [-0.2, -0.15) is 0 Å². The number of carbonyl (C=O) groups excluding carboxylic acids is 1. The van der Waals surface area contributed by atoms with E-state index in [1.54, 1.807) is 27.7 Å². The second-order valence-corrected chi connectivity index (χ2v) is 7.15. The number of nitrogens with zero attached hydrogens (tertiary/aromatic N) is 2. The van der Waals surface area contributed by atoms with Crippen molar-refractivity contribution in [2.24, 2.45) is 10.9 Å². The third-order valence-electron chi connectivity index (χ3n) is 3.30. The number of carbonyl (C=O) groups is 3. The highest BCUT2D eigenvalue weighted by atomic mass is 16.6. The van der Waals surface area contributed by atoms with E-state index >= 15 is 0 Å². The summed E-state index contributed by atoms with van der Waals surface area (Å²) in [5, 5.41) is 30.4. The van der Waals surface area contributed by atoms with Crippen LogP contribution in [0.3, 0.4) is 0 Å². The molecule has 0 spiro atoms. The van der Waals surface area contributed by atoms with Gasteiger partial charge in [0.15, 0.2) is 5.84 Å². The van der Waals surface area contributed by atoms with Crippen molar-refractivity contribution in [3.8, 4) is 0 Å².